The number of hydrogen-bond donors (Lipinski definition) is 2. The first-order chi connectivity index (χ1) is 14.7. The summed E-state index contributed by atoms with van der Waals surface area (Å²) < 4.78 is 51.2. The summed E-state index contributed by atoms with van der Waals surface area (Å²) in [6, 6.07) is 10.9. The molecule has 0 unspecified atom stereocenters. The fourth-order valence-corrected chi connectivity index (χ4v) is 3.16. The van der Waals surface area contributed by atoms with E-state index in [1.165, 1.54) is 6.07 Å². The SMILES string of the molecule is COc1cccc2c(NCC3(c4ncccc4F)CC3)ccnc12.O=C(O)C(F)(F)F. The first-order valence-electron chi connectivity index (χ1n) is 9.25. The maximum Gasteiger partial charge on any atom is 0.490 e. The number of fused-ring (bicyclic) bond motifs is 1. The Labute approximate surface area is 174 Å². The number of carboxylic acid groups (broad SMARTS) is 1. The number of benzene rings is 1. The average Bonchev–Trinajstić information content (AvgIpc) is 3.52. The van der Waals surface area contributed by atoms with E-state index >= 15 is 0 Å². The summed E-state index contributed by atoms with van der Waals surface area (Å²) in [6.07, 6.45) is 0.222. The molecule has 1 saturated carbocycles. The Morgan fingerprint density at radius 3 is 2.45 bits per heavy atom. The number of aliphatic carboxylic acids is 1. The van der Waals surface area contributed by atoms with Gasteiger partial charge < -0.3 is 15.2 Å². The third-order valence-electron chi connectivity index (χ3n) is 4.93. The number of nitrogens with zero attached hydrogens (tertiary/aromatic N) is 2. The van der Waals surface area contributed by atoms with Crippen LogP contribution in [-0.2, 0) is 10.2 Å². The molecule has 164 valence electrons. The summed E-state index contributed by atoms with van der Waals surface area (Å²) in [5.41, 5.74) is 2.15. The molecule has 2 N–H and O–H groups in total. The standard InChI is InChI=1S/C19H18FN3O.C2HF3O2/c1-24-16-6-2-4-13-15(7-11-21-17(13)16)23-12-19(8-9-19)18-14(20)5-3-10-22-18;3-2(4,5)1(6)7/h2-7,10-11H,8-9,12H2,1H3,(H,21,23);(H,6,7). The second-order valence-electron chi connectivity index (χ2n) is 6.99. The third kappa shape index (κ3) is 5.01. The number of para-hydroxylation sites is 1. The van der Waals surface area contributed by atoms with Gasteiger partial charge in [0.25, 0.3) is 0 Å². The average molecular weight is 437 g/mol. The van der Waals surface area contributed by atoms with Crippen molar-refractivity contribution in [1.29, 1.82) is 0 Å². The van der Waals surface area contributed by atoms with E-state index in [9.17, 15) is 17.6 Å². The van der Waals surface area contributed by atoms with Crippen molar-refractivity contribution in [3.8, 4) is 5.75 Å². The number of aromatic nitrogens is 2. The molecule has 0 amide bonds. The number of anilines is 1. The smallest absolute Gasteiger partial charge is 0.490 e. The molecule has 1 aliphatic carbocycles. The molecule has 2 aromatic heterocycles. The van der Waals surface area contributed by atoms with E-state index in [1.54, 1.807) is 25.6 Å². The van der Waals surface area contributed by atoms with Gasteiger partial charge in [-0.15, -0.1) is 0 Å². The van der Waals surface area contributed by atoms with Gasteiger partial charge in [-0.05, 0) is 37.1 Å². The molecular formula is C21H19F4N3O3. The second-order valence-corrected chi connectivity index (χ2v) is 6.99. The third-order valence-corrected chi connectivity index (χ3v) is 4.93. The van der Waals surface area contributed by atoms with E-state index in [-0.39, 0.29) is 11.2 Å². The summed E-state index contributed by atoms with van der Waals surface area (Å²) in [7, 11) is 1.64. The van der Waals surface area contributed by atoms with E-state index in [0.29, 0.717) is 12.2 Å². The Hall–Kier alpha value is -3.43. The lowest BCUT2D eigenvalue weighted by molar-refractivity contribution is -0.192. The zero-order valence-corrected chi connectivity index (χ0v) is 16.4. The van der Waals surface area contributed by atoms with Crippen LogP contribution in [0, 0.1) is 5.82 Å². The van der Waals surface area contributed by atoms with Gasteiger partial charge in [-0.3, -0.25) is 9.97 Å². The van der Waals surface area contributed by atoms with Gasteiger partial charge in [0.1, 0.15) is 17.1 Å². The number of ether oxygens (including phenoxy) is 1. The van der Waals surface area contributed by atoms with Crippen molar-refractivity contribution in [3.63, 3.8) is 0 Å². The molecule has 0 radical (unpaired) electrons. The number of pyridine rings is 2. The van der Waals surface area contributed by atoms with Crippen molar-refractivity contribution in [2.24, 2.45) is 0 Å². The topological polar surface area (TPSA) is 84.3 Å². The van der Waals surface area contributed by atoms with Gasteiger partial charge in [0.15, 0.2) is 0 Å². The van der Waals surface area contributed by atoms with Crippen LogP contribution in [0.2, 0.25) is 0 Å². The molecule has 0 spiro atoms. The van der Waals surface area contributed by atoms with Gasteiger partial charge in [-0.25, -0.2) is 9.18 Å². The predicted molar refractivity (Wildman–Crippen MR) is 106 cm³/mol. The molecule has 6 nitrogen and oxygen atoms in total. The van der Waals surface area contributed by atoms with Crippen molar-refractivity contribution in [1.82, 2.24) is 9.97 Å². The first-order valence-corrected chi connectivity index (χ1v) is 9.25. The lowest BCUT2D eigenvalue weighted by atomic mass is 10.0. The molecule has 0 atom stereocenters. The Morgan fingerprint density at radius 1 is 1.16 bits per heavy atom. The van der Waals surface area contributed by atoms with Crippen LogP contribution >= 0.6 is 0 Å². The Bertz CT molecular complexity index is 1080. The molecule has 0 aliphatic heterocycles. The molecular weight excluding hydrogens is 418 g/mol. The van der Waals surface area contributed by atoms with Gasteiger partial charge in [0, 0.05) is 35.4 Å². The molecule has 0 bridgehead atoms. The molecule has 1 fully saturated rings. The largest absolute Gasteiger partial charge is 0.494 e. The zero-order valence-electron chi connectivity index (χ0n) is 16.4. The fourth-order valence-electron chi connectivity index (χ4n) is 3.16. The van der Waals surface area contributed by atoms with Crippen molar-refractivity contribution < 1.29 is 32.2 Å². The van der Waals surface area contributed by atoms with E-state index in [0.717, 1.165) is 35.2 Å². The number of methoxy groups -OCH3 is 1. The van der Waals surface area contributed by atoms with Crippen LogP contribution in [0.25, 0.3) is 10.9 Å². The Kier molecular flexibility index (Phi) is 6.28. The second kappa shape index (κ2) is 8.75. The van der Waals surface area contributed by atoms with Crippen molar-refractivity contribution in [2.75, 3.05) is 19.0 Å². The monoisotopic (exact) mass is 437 g/mol. The molecule has 1 aromatic carbocycles. The van der Waals surface area contributed by atoms with E-state index < -0.39 is 12.1 Å². The van der Waals surface area contributed by atoms with Crippen LogP contribution in [0.3, 0.4) is 0 Å². The maximum absolute atomic E-state index is 14.1. The highest BCUT2D eigenvalue weighted by atomic mass is 19.4. The normalized spacial score (nSPS) is 14.4. The molecule has 2 heterocycles. The number of carbonyl (C=O) groups is 1. The van der Waals surface area contributed by atoms with Gasteiger partial charge in [-0.1, -0.05) is 12.1 Å². The maximum atomic E-state index is 14.1. The van der Waals surface area contributed by atoms with Gasteiger partial charge in [0.2, 0.25) is 0 Å². The number of nitrogens with one attached hydrogen (secondary N) is 1. The minimum absolute atomic E-state index is 0.209. The minimum atomic E-state index is -5.08. The summed E-state index contributed by atoms with van der Waals surface area (Å²) in [4.78, 5) is 17.6. The summed E-state index contributed by atoms with van der Waals surface area (Å²) in [5, 5.41) is 11.6. The Morgan fingerprint density at radius 2 is 1.87 bits per heavy atom. The van der Waals surface area contributed by atoms with Crippen LogP contribution in [0.1, 0.15) is 18.5 Å². The lowest BCUT2D eigenvalue weighted by Crippen LogP contribution is -2.22. The van der Waals surface area contributed by atoms with Crippen molar-refractivity contribution in [2.45, 2.75) is 24.4 Å². The lowest BCUT2D eigenvalue weighted by Gasteiger charge is -2.18. The van der Waals surface area contributed by atoms with Crippen LogP contribution in [0.15, 0.2) is 48.8 Å². The van der Waals surface area contributed by atoms with Crippen molar-refractivity contribution >= 4 is 22.6 Å². The van der Waals surface area contributed by atoms with E-state index in [1.807, 2.05) is 24.3 Å². The molecule has 31 heavy (non-hydrogen) atoms. The molecule has 4 rings (SSSR count). The number of rotatable bonds is 5. The highest BCUT2D eigenvalue weighted by Gasteiger charge is 2.47. The van der Waals surface area contributed by atoms with Crippen LogP contribution in [-0.4, -0.2) is 40.9 Å². The van der Waals surface area contributed by atoms with Crippen molar-refractivity contribution in [3.05, 3.63) is 60.3 Å². The molecule has 3 aromatic rings. The quantitative estimate of drug-likeness (QED) is 0.570. The highest BCUT2D eigenvalue weighted by molar-refractivity contribution is 5.94. The summed E-state index contributed by atoms with van der Waals surface area (Å²) in [6.45, 7) is 0.650. The molecule has 10 heteroatoms. The number of hydrogen-bond acceptors (Lipinski definition) is 5. The molecule has 0 saturated heterocycles. The highest BCUT2D eigenvalue weighted by Crippen LogP contribution is 2.48. The van der Waals surface area contributed by atoms with Crippen LogP contribution in [0.5, 0.6) is 5.75 Å². The fraction of sp³-hybridized carbons (Fsp3) is 0.286. The predicted octanol–water partition coefficient (Wildman–Crippen LogP) is 4.55. The van der Waals surface area contributed by atoms with E-state index in [4.69, 9.17) is 14.6 Å². The summed E-state index contributed by atoms with van der Waals surface area (Å²) in [5.74, 6) is -2.24. The Balaban J connectivity index is 0.000000339. The van der Waals surface area contributed by atoms with Crippen LogP contribution < -0.4 is 10.1 Å². The van der Waals surface area contributed by atoms with Crippen LogP contribution in [0.4, 0.5) is 23.2 Å². The first kappa shape index (κ1) is 22.3. The van der Waals surface area contributed by atoms with Gasteiger partial charge in [0.05, 0.1) is 12.8 Å². The summed E-state index contributed by atoms with van der Waals surface area (Å²) >= 11 is 0. The number of halogens is 4. The zero-order chi connectivity index (χ0) is 22.6. The molecule has 1 aliphatic rings. The number of carboxylic acids is 1. The van der Waals surface area contributed by atoms with Gasteiger partial charge in [-0.2, -0.15) is 13.2 Å². The minimum Gasteiger partial charge on any atom is -0.494 e. The van der Waals surface area contributed by atoms with Gasteiger partial charge >= 0.3 is 12.1 Å². The number of alkyl halides is 3. The van der Waals surface area contributed by atoms with E-state index in [2.05, 4.69) is 15.3 Å².